The summed E-state index contributed by atoms with van der Waals surface area (Å²) in [6.45, 7) is 0. The molecule has 3 aromatic rings. The molecule has 0 saturated carbocycles. The lowest BCUT2D eigenvalue weighted by Crippen LogP contribution is -2.12. The number of carbonyl (C=O) groups excluding carboxylic acids is 1. The van der Waals surface area contributed by atoms with Crippen LogP contribution in [0.15, 0.2) is 45.7 Å². The molecule has 96 valence electrons. The molecule has 0 saturated heterocycles. The number of amides is 1. The van der Waals surface area contributed by atoms with E-state index < -0.39 is 0 Å². The predicted molar refractivity (Wildman–Crippen MR) is 73.6 cm³/mol. The number of hydrogen-bond acceptors (Lipinski definition) is 3. The fourth-order valence-corrected chi connectivity index (χ4v) is 2.65. The first-order valence-electron chi connectivity index (χ1n) is 5.66. The number of primary amides is 1. The first kappa shape index (κ1) is 12.0. The number of halogens is 1. The van der Waals surface area contributed by atoms with Crippen LogP contribution in [-0.4, -0.2) is 11.7 Å². The van der Waals surface area contributed by atoms with Gasteiger partial charge in [0, 0.05) is 15.7 Å². The Morgan fingerprint density at radius 2 is 1.84 bits per heavy atom. The lowest BCUT2D eigenvalue weighted by Gasteiger charge is -1.98. The van der Waals surface area contributed by atoms with Gasteiger partial charge in [0.2, 0.25) is 5.91 Å². The number of nitrogens with two attached hydrogens (primary N) is 1. The Morgan fingerprint density at radius 3 is 2.58 bits per heavy atom. The fraction of sp³-hybridized carbons (Fsp3) is 0.0714. The van der Waals surface area contributed by atoms with Gasteiger partial charge in [0.05, 0.1) is 5.75 Å². The van der Waals surface area contributed by atoms with Crippen molar-refractivity contribution in [3.63, 3.8) is 0 Å². The van der Waals surface area contributed by atoms with Crippen molar-refractivity contribution >= 4 is 39.6 Å². The van der Waals surface area contributed by atoms with E-state index in [0.29, 0.717) is 11.2 Å². The summed E-state index contributed by atoms with van der Waals surface area (Å²) in [7, 11) is 0. The first-order chi connectivity index (χ1) is 9.13. The number of benzene rings is 2. The minimum Gasteiger partial charge on any atom is -0.456 e. The van der Waals surface area contributed by atoms with Gasteiger partial charge in [-0.1, -0.05) is 0 Å². The third-order valence-electron chi connectivity index (χ3n) is 2.78. The molecule has 5 heteroatoms. The Labute approximate surface area is 112 Å². The summed E-state index contributed by atoms with van der Waals surface area (Å²) in [6.07, 6.45) is 0. The summed E-state index contributed by atoms with van der Waals surface area (Å²) in [5.74, 6) is -0.450. The van der Waals surface area contributed by atoms with E-state index >= 15 is 0 Å². The summed E-state index contributed by atoms with van der Waals surface area (Å²) in [6, 6.07) is 9.98. The van der Waals surface area contributed by atoms with E-state index in [0.717, 1.165) is 15.7 Å². The summed E-state index contributed by atoms with van der Waals surface area (Å²) >= 11 is 1.35. The molecule has 3 nitrogen and oxygen atoms in total. The highest BCUT2D eigenvalue weighted by Crippen LogP contribution is 2.32. The van der Waals surface area contributed by atoms with E-state index in [1.807, 2.05) is 18.2 Å². The largest absolute Gasteiger partial charge is 0.456 e. The molecule has 0 unspecified atom stereocenters. The molecular weight excluding hydrogens is 265 g/mol. The number of hydrogen-bond donors (Lipinski definition) is 1. The van der Waals surface area contributed by atoms with Gasteiger partial charge < -0.3 is 10.2 Å². The first-order valence-corrected chi connectivity index (χ1v) is 6.65. The summed E-state index contributed by atoms with van der Waals surface area (Å²) < 4.78 is 18.9. The molecule has 0 aliphatic carbocycles. The molecule has 2 N–H and O–H groups in total. The molecule has 0 bridgehead atoms. The van der Waals surface area contributed by atoms with Crippen LogP contribution in [0.25, 0.3) is 21.9 Å². The van der Waals surface area contributed by atoms with Gasteiger partial charge in [-0.05, 0) is 36.4 Å². The van der Waals surface area contributed by atoms with Crippen LogP contribution in [0.5, 0.6) is 0 Å². The van der Waals surface area contributed by atoms with Gasteiger partial charge in [-0.3, -0.25) is 4.79 Å². The Hall–Kier alpha value is -2.01. The van der Waals surface area contributed by atoms with Crippen molar-refractivity contribution < 1.29 is 13.6 Å². The number of fused-ring (bicyclic) bond motifs is 3. The molecule has 0 radical (unpaired) electrons. The molecule has 0 fully saturated rings. The van der Waals surface area contributed by atoms with Crippen LogP contribution in [0.2, 0.25) is 0 Å². The van der Waals surface area contributed by atoms with Crippen molar-refractivity contribution in [3.05, 3.63) is 42.2 Å². The van der Waals surface area contributed by atoms with Gasteiger partial charge in [0.1, 0.15) is 17.0 Å². The van der Waals surface area contributed by atoms with Crippen molar-refractivity contribution in [3.8, 4) is 0 Å². The van der Waals surface area contributed by atoms with Gasteiger partial charge in [-0.25, -0.2) is 4.39 Å². The Morgan fingerprint density at radius 1 is 1.16 bits per heavy atom. The second-order valence-corrected chi connectivity index (χ2v) is 5.20. The minimum absolute atomic E-state index is 0.218. The third-order valence-corrected chi connectivity index (χ3v) is 3.80. The minimum atomic E-state index is -0.367. The summed E-state index contributed by atoms with van der Waals surface area (Å²) in [5, 5.41) is 1.57. The molecule has 0 aliphatic heterocycles. The van der Waals surface area contributed by atoms with Gasteiger partial charge in [-0.2, -0.15) is 0 Å². The molecule has 0 spiro atoms. The Kier molecular flexibility index (Phi) is 2.91. The van der Waals surface area contributed by atoms with Crippen molar-refractivity contribution in [1.82, 2.24) is 0 Å². The number of rotatable bonds is 3. The van der Waals surface area contributed by atoms with Crippen molar-refractivity contribution in [2.24, 2.45) is 5.73 Å². The normalized spacial score (nSPS) is 11.2. The lowest BCUT2D eigenvalue weighted by molar-refractivity contribution is -0.115. The zero-order chi connectivity index (χ0) is 13.4. The predicted octanol–water partition coefficient (Wildman–Crippen LogP) is 3.30. The summed E-state index contributed by atoms with van der Waals surface area (Å²) in [5.41, 5.74) is 6.46. The van der Waals surface area contributed by atoms with Crippen LogP contribution in [0.4, 0.5) is 4.39 Å². The number of furan rings is 1. The summed E-state index contributed by atoms with van der Waals surface area (Å²) in [4.78, 5) is 11.7. The van der Waals surface area contributed by atoms with Crippen LogP contribution >= 0.6 is 11.8 Å². The smallest absolute Gasteiger partial charge is 0.227 e. The van der Waals surface area contributed by atoms with E-state index in [2.05, 4.69) is 0 Å². The molecule has 0 aliphatic rings. The molecule has 1 aromatic heterocycles. The lowest BCUT2D eigenvalue weighted by atomic mass is 10.1. The van der Waals surface area contributed by atoms with Crippen LogP contribution in [-0.2, 0) is 4.79 Å². The van der Waals surface area contributed by atoms with Gasteiger partial charge in [-0.15, -0.1) is 11.8 Å². The van der Waals surface area contributed by atoms with Crippen LogP contribution in [0.3, 0.4) is 0 Å². The van der Waals surface area contributed by atoms with E-state index in [1.54, 1.807) is 6.07 Å². The number of thioether (sulfide) groups is 1. The van der Waals surface area contributed by atoms with Crippen molar-refractivity contribution in [1.29, 1.82) is 0 Å². The van der Waals surface area contributed by atoms with Crippen LogP contribution in [0.1, 0.15) is 0 Å². The molecule has 0 atom stereocenters. The highest BCUT2D eigenvalue weighted by molar-refractivity contribution is 8.00. The molecule has 3 rings (SSSR count). The Bertz CT molecular complexity index is 782. The highest BCUT2D eigenvalue weighted by atomic mass is 32.2. The highest BCUT2D eigenvalue weighted by Gasteiger charge is 2.09. The second-order valence-electron chi connectivity index (χ2n) is 4.16. The number of carbonyl (C=O) groups is 1. The molecular formula is C14H10FNO2S. The standard InChI is InChI=1S/C14H10FNO2S/c15-8-1-3-12-10(5-8)11-6-9(19-7-14(16)17)2-4-13(11)18-12/h1-6H,7H2,(H2,16,17). The van der Waals surface area contributed by atoms with E-state index in [4.69, 9.17) is 10.2 Å². The average molecular weight is 275 g/mol. The zero-order valence-corrected chi connectivity index (χ0v) is 10.7. The molecule has 19 heavy (non-hydrogen) atoms. The molecule has 1 heterocycles. The maximum absolute atomic E-state index is 13.3. The third kappa shape index (κ3) is 2.29. The maximum Gasteiger partial charge on any atom is 0.227 e. The van der Waals surface area contributed by atoms with E-state index in [9.17, 15) is 9.18 Å². The van der Waals surface area contributed by atoms with Crippen LogP contribution < -0.4 is 5.73 Å². The van der Waals surface area contributed by atoms with E-state index in [1.165, 1.54) is 23.9 Å². The zero-order valence-electron chi connectivity index (χ0n) is 9.85. The van der Waals surface area contributed by atoms with E-state index in [-0.39, 0.29) is 17.5 Å². The molecule has 2 aromatic carbocycles. The second kappa shape index (κ2) is 4.59. The van der Waals surface area contributed by atoms with Crippen molar-refractivity contribution in [2.75, 3.05) is 5.75 Å². The SMILES string of the molecule is NC(=O)CSc1ccc2oc3ccc(F)cc3c2c1. The monoisotopic (exact) mass is 275 g/mol. The quantitative estimate of drug-likeness (QED) is 0.746. The van der Waals surface area contributed by atoms with Gasteiger partial charge >= 0.3 is 0 Å². The maximum atomic E-state index is 13.3. The van der Waals surface area contributed by atoms with Gasteiger partial charge in [0.15, 0.2) is 0 Å². The topological polar surface area (TPSA) is 56.2 Å². The Balaban J connectivity index is 2.12. The van der Waals surface area contributed by atoms with Crippen molar-refractivity contribution in [2.45, 2.75) is 4.90 Å². The van der Waals surface area contributed by atoms with Gasteiger partial charge in [0.25, 0.3) is 0 Å². The average Bonchev–Trinajstić information content (AvgIpc) is 2.74. The fourth-order valence-electron chi connectivity index (χ4n) is 1.97. The molecule has 1 amide bonds. The van der Waals surface area contributed by atoms with Crippen LogP contribution in [0, 0.1) is 5.82 Å².